The van der Waals surface area contributed by atoms with Gasteiger partial charge in [0.1, 0.15) is 6.54 Å². The highest BCUT2D eigenvalue weighted by Gasteiger charge is 2.19. The maximum absolute atomic E-state index is 12.1. The molecule has 0 N–H and O–H groups in total. The van der Waals surface area contributed by atoms with Gasteiger partial charge in [0.05, 0.1) is 23.9 Å². The van der Waals surface area contributed by atoms with E-state index >= 15 is 0 Å². The fourth-order valence-electron chi connectivity index (χ4n) is 1.54. The Hall–Kier alpha value is -2.27. The van der Waals surface area contributed by atoms with Crippen LogP contribution in [-0.4, -0.2) is 33.7 Å². The predicted octanol–water partition coefficient (Wildman–Crippen LogP) is 0.581. The van der Waals surface area contributed by atoms with Gasteiger partial charge in [-0.15, -0.1) is 6.42 Å². The average Bonchev–Trinajstić information content (AvgIpc) is 2.69. The summed E-state index contributed by atoms with van der Waals surface area (Å²) in [5.74, 6) is 2.13. The van der Waals surface area contributed by atoms with Gasteiger partial charge in [0.15, 0.2) is 0 Å². The van der Waals surface area contributed by atoms with Crippen LogP contribution in [0.1, 0.15) is 23.0 Å². The summed E-state index contributed by atoms with van der Waals surface area (Å²) in [6, 6.07) is 1.93. The van der Waals surface area contributed by atoms with Crippen LogP contribution < -0.4 is 0 Å². The normalized spacial score (nSPS) is 9.41. The molecule has 0 unspecified atom stereocenters. The Bertz CT molecular complexity index is 474. The minimum atomic E-state index is -0.241. The number of aromatic nitrogens is 2. The van der Waals surface area contributed by atoms with Gasteiger partial charge in [-0.2, -0.15) is 10.4 Å². The Balaban J connectivity index is 3.01. The van der Waals surface area contributed by atoms with Gasteiger partial charge in [-0.25, -0.2) is 0 Å². The Morgan fingerprint density at radius 1 is 1.65 bits per heavy atom. The molecule has 1 amide bonds. The van der Waals surface area contributed by atoms with E-state index < -0.39 is 0 Å². The van der Waals surface area contributed by atoms with Crippen molar-refractivity contribution < 1.29 is 4.79 Å². The number of nitriles is 1. The third-order valence-corrected chi connectivity index (χ3v) is 2.30. The zero-order chi connectivity index (χ0) is 12.8. The third kappa shape index (κ3) is 2.85. The molecule has 0 bridgehead atoms. The molecule has 0 spiro atoms. The molecular formula is C12H14N4O. The van der Waals surface area contributed by atoms with Crippen molar-refractivity contribution in [2.45, 2.75) is 13.3 Å². The van der Waals surface area contributed by atoms with E-state index in [1.165, 1.54) is 4.90 Å². The molecule has 88 valence electrons. The van der Waals surface area contributed by atoms with Gasteiger partial charge in [0, 0.05) is 13.2 Å². The van der Waals surface area contributed by atoms with Crippen molar-refractivity contribution in [1.29, 1.82) is 5.26 Å². The fourth-order valence-corrected chi connectivity index (χ4v) is 1.54. The lowest BCUT2D eigenvalue weighted by atomic mass is 10.2. The molecule has 0 aliphatic carbocycles. The maximum atomic E-state index is 12.1. The Kier molecular flexibility index (Phi) is 4.30. The monoisotopic (exact) mass is 230 g/mol. The van der Waals surface area contributed by atoms with Crippen LogP contribution in [0.15, 0.2) is 6.20 Å². The third-order valence-electron chi connectivity index (χ3n) is 2.30. The number of carbonyl (C=O) groups is 1. The first-order chi connectivity index (χ1) is 8.13. The summed E-state index contributed by atoms with van der Waals surface area (Å²) in [5.41, 5.74) is 1.23. The zero-order valence-electron chi connectivity index (χ0n) is 9.97. The van der Waals surface area contributed by atoms with E-state index in [1.807, 2.05) is 13.0 Å². The summed E-state index contributed by atoms with van der Waals surface area (Å²) in [7, 11) is 1.76. The summed E-state index contributed by atoms with van der Waals surface area (Å²) in [5, 5.41) is 12.8. The second kappa shape index (κ2) is 5.72. The van der Waals surface area contributed by atoms with Crippen LogP contribution in [-0.2, 0) is 13.5 Å². The molecule has 0 fully saturated rings. The van der Waals surface area contributed by atoms with Crippen LogP contribution >= 0.6 is 0 Å². The number of terminal acetylenes is 1. The number of carbonyl (C=O) groups excluding carboxylic acids is 1. The molecular weight excluding hydrogens is 216 g/mol. The first-order valence-electron chi connectivity index (χ1n) is 5.26. The van der Waals surface area contributed by atoms with Gasteiger partial charge in [0.2, 0.25) is 0 Å². The molecule has 0 aromatic carbocycles. The number of amides is 1. The number of aryl methyl sites for hydroxylation is 2. The summed E-state index contributed by atoms with van der Waals surface area (Å²) >= 11 is 0. The van der Waals surface area contributed by atoms with Crippen molar-refractivity contribution in [3.8, 4) is 18.4 Å². The van der Waals surface area contributed by atoms with Gasteiger partial charge in [-0.3, -0.25) is 9.48 Å². The van der Waals surface area contributed by atoms with Crippen molar-refractivity contribution in [2.24, 2.45) is 7.05 Å². The number of rotatable bonds is 4. The van der Waals surface area contributed by atoms with Crippen molar-refractivity contribution in [3.05, 3.63) is 17.5 Å². The molecule has 5 heteroatoms. The highest BCUT2D eigenvalue weighted by molar-refractivity contribution is 5.95. The fraction of sp³-hybridized carbons (Fsp3) is 0.417. The standard InChI is InChI=1S/C12H14N4O/c1-4-7-16(8-6-13)12(17)10-9-15(3)14-11(10)5-2/h1,9H,5,7-8H2,2-3H3. The SMILES string of the molecule is C#CCN(CC#N)C(=O)c1cn(C)nc1CC. The molecule has 1 aromatic rings. The maximum Gasteiger partial charge on any atom is 0.258 e. The van der Waals surface area contributed by atoms with Crippen LogP contribution in [0.2, 0.25) is 0 Å². The molecule has 1 rings (SSSR count). The van der Waals surface area contributed by atoms with Crippen LogP contribution in [0.3, 0.4) is 0 Å². The lowest BCUT2D eigenvalue weighted by molar-refractivity contribution is 0.0794. The summed E-state index contributed by atoms with van der Waals surface area (Å²) in [4.78, 5) is 13.5. The van der Waals surface area contributed by atoms with E-state index in [4.69, 9.17) is 11.7 Å². The topological polar surface area (TPSA) is 61.9 Å². The zero-order valence-corrected chi connectivity index (χ0v) is 9.97. The van der Waals surface area contributed by atoms with Gasteiger partial charge >= 0.3 is 0 Å². The Labute approximate surface area is 101 Å². The lowest BCUT2D eigenvalue weighted by Gasteiger charge is -2.15. The Morgan fingerprint density at radius 2 is 2.35 bits per heavy atom. The molecule has 0 atom stereocenters. The van der Waals surface area contributed by atoms with E-state index in [0.717, 1.165) is 5.69 Å². The smallest absolute Gasteiger partial charge is 0.258 e. The minimum absolute atomic E-state index is 0.0128. The van der Waals surface area contributed by atoms with Gasteiger partial charge < -0.3 is 4.90 Å². The van der Waals surface area contributed by atoms with E-state index in [-0.39, 0.29) is 19.0 Å². The molecule has 0 saturated carbocycles. The van der Waals surface area contributed by atoms with Crippen molar-refractivity contribution in [3.63, 3.8) is 0 Å². The summed E-state index contributed by atoms with van der Waals surface area (Å²) in [6.07, 6.45) is 7.50. The average molecular weight is 230 g/mol. The van der Waals surface area contributed by atoms with E-state index in [2.05, 4.69) is 11.0 Å². The molecule has 1 heterocycles. The van der Waals surface area contributed by atoms with Crippen LogP contribution in [0.4, 0.5) is 0 Å². The molecule has 0 aliphatic heterocycles. The first-order valence-corrected chi connectivity index (χ1v) is 5.26. The second-order valence-corrected chi connectivity index (χ2v) is 3.54. The van der Waals surface area contributed by atoms with Crippen molar-refractivity contribution in [2.75, 3.05) is 13.1 Å². The number of hydrogen-bond donors (Lipinski definition) is 0. The largest absolute Gasteiger partial charge is 0.314 e. The molecule has 1 aromatic heterocycles. The van der Waals surface area contributed by atoms with E-state index in [9.17, 15) is 4.79 Å². The first kappa shape index (κ1) is 12.8. The number of hydrogen-bond acceptors (Lipinski definition) is 3. The summed E-state index contributed by atoms with van der Waals surface area (Å²) < 4.78 is 1.59. The molecule has 5 nitrogen and oxygen atoms in total. The van der Waals surface area contributed by atoms with Crippen LogP contribution in [0.5, 0.6) is 0 Å². The van der Waals surface area contributed by atoms with Crippen LogP contribution in [0.25, 0.3) is 0 Å². The molecule has 0 saturated heterocycles. The quantitative estimate of drug-likeness (QED) is 0.561. The second-order valence-electron chi connectivity index (χ2n) is 3.54. The van der Waals surface area contributed by atoms with E-state index in [0.29, 0.717) is 12.0 Å². The predicted molar refractivity (Wildman–Crippen MR) is 62.9 cm³/mol. The van der Waals surface area contributed by atoms with E-state index in [1.54, 1.807) is 17.9 Å². The van der Waals surface area contributed by atoms with Crippen LogP contribution in [0, 0.1) is 23.7 Å². The minimum Gasteiger partial charge on any atom is -0.314 e. The van der Waals surface area contributed by atoms with Gasteiger partial charge in [0.25, 0.3) is 5.91 Å². The molecule has 0 aliphatic rings. The summed E-state index contributed by atoms with van der Waals surface area (Å²) in [6.45, 7) is 2.04. The number of nitrogens with zero attached hydrogens (tertiary/aromatic N) is 4. The van der Waals surface area contributed by atoms with Gasteiger partial charge in [-0.1, -0.05) is 12.8 Å². The van der Waals surface area contributed by atoms with Gasteiger partial charge in [-0.05, 0) is 6.42 Å². The lowest BCUT2D eigenvalue weighted by Crippen LogP contribution is -2.32. The molecule has 17 heavy (non-hydrogen) atoms. The van der Waals surface area contributed by atoms with Crippen molar-refractivity contribution in [1.82, 2.24) is 14.7 Å². The Morgan fingerprint density at radius 3 is 2.88 bits per heavy atom. The highest BCUT2D eigenvalue weighted by atomic mass is 16.2. The highest BCUT2D eigenvalue weighted by Crippen LogP contribution is 2.10. The molecule has 0 radical (unpaired) electrons. The van der Waals surface area contributed by atoms with Crippen molar-refractivity contribution >= 4 is 5.91 Å².